The van der Waals surface area contributed by atoms with Gasteiger partial charge in [-0.1, -0.05) is 0 Å². The number of ether oxygens (including phenoxy) is 3. The number of hydrogen-bond donors (Lipinski definition) is 2. The van der Waals surface area contributed by atoms with Gasteiger partial charge in [-0.25, -0.2) is 9.98 Å². The minimum absolute atomic E-state index is 0.0945. The predicted octanol–water partition coefficient (Wildman–Crippen LogP) is 1.83. The molecule has 0 bridgehead atoms. The molecule has 1 aromatic heterocycles. The molecule has 2 N–H and O–H groups in total. The van der Waals surface area contributed by atoms with Gasteiger partial charge in [0.25, 0.3) is 0 Å². The normalized spacial score (nSPS) is 22.3. The molecule has 2 fully saturated rings. The van der Waals surface area contributed by atoms with Gasteiger partial charge in [0.2, 0.25) is 0 Å². The van der Waals surface area contributed by atoms with Crippen molar-refractivity contribution in [2.45, 2.75) is 38.5 Å². The quantitative estimate of drug-likeness (QED) is 0.550. The third kappa shape index (κ3) is 4.91. The van der Waals surface area contributed by atoms with Gasteiger partial charge in [-0.15, -0.1) is 0 Å². The van der Waals surface area contributed by atoms with Crippen LogP contribution in [-0.2, 0) is 16.0 Å². The molecule has 0 spiro atoms. The van der Waals surface area contributed by atoms with E-state index >= 15 is 0 Å². The summed E-state index contributed by atoms with van der Waals surface area (Å²) in [4.78, 5) is 11.6. The zero-order valence-electron chi connectivity index (χ0n) is 17.6. The van der Waals surface area contributed by atoms with Crippen molar-refractivity contribution in [2.75, 3.05) is 40.0 Å². The van der Waals surface area contributed by atoms with E-state index in [2.05, 4.69) is 32.3 Å². The first-order valence-electron chi connectivity index (χ1n) is 10.6. The van der Waals surface area contributed by atoms with E-state index in [1.54, 1.807) is 7.11 Å². The van der Waals surface area contributed by atoms with Crippen LogP contribution >= 0.6 is 0 Å². The lowest BCUT2D eigenvalue weighted by molar-refractivity contribution is -0.0817. The highest BCUT2D eigenvalue weighted by Crippen LogP contribution is 2.21. The van der Waals surface area contributed by atoms with Gasteiger partial charge < -0.3 is 24.4 Å². The molecule has 2 unspecified atom stereocenters. The lowest BCUT2D eigenvalue weighted by Crippen LogP contribution is -2.53. The Morgan fingerprint density at radius 1 is 1.27 bits per heavy atom. The maximum Gasteiger partial charge on any atom is 0.194 e. The number of benzene rings is 1. The van der Waals surface area contributed by atoms with Gasteiger partial charge in [-0.3, -0.25) is 5.10 Å². The number of hydrogen-bond acceptors (Lipinski definition) is 6. The van der Waals surface area contributed by atoms with Crippen molar-refractivity contribution in [2.24, 2.45) is 4.99 Å². The number of methoxy groups -OCH3 is 1. The molecule has 0 aliphatic carbocycles. The zero-order valence-corrected chi connectivity index (χ0v) is 17.6. The summed E-state index contributed by atoms with van der Waals surface area (Å²) < 4.78 is 17.0. The SMILES string of the molecule is CCNC(=NCc1nc(-c2ccc(OC)cc2)n[nH]1)N1CCOC(C2CCCO2)C1. The average molecular weight is 415 g/mol. The van der Waals surface area contributed by atoms with Crippen LogP contribution in [0, 0.1) is 0 Å². The molecule has 2 aliphatic heterocycles. The Hall–Kier alpha value is -2.65. The van der Waals surface area contributed by atoms with Crippen LogP contribution in [0.5, 0.6) is 5.75 Å². The fourth-order valence-electron chi connectivity index (χ4n) is 3.80. The van der Waals surface area contributed by atoms with E-state index < -0.39 is 0 Å². The Balaban J connectivity index is 1.41. The van der Waals surface area contributed by atoms with Crippen LogP contribution < -0.4 is 10.1 Å². The summed E-state index contributed by atoms with van der Waals surface area (Å²) in [7, 11) is 1.65. The number of aromatic amines is 1. The molecule has 4 rings (SSSR count). The zero-order chi connectivity index (χ0) is 20.8. The molecule has 2 saturated heterocycles. The Labute approximate surface area is 176 Å². The molecule has 9 nitrogen and oxygen atoms in total. The number of nitrogens with zero attached hydrogens (tertiary/aromatic N) is 4. The second kappa shape index (κ2) is 9.90. The standard InChI is InChI=1S/C21H30N6O3/c1-3-22-21(27-10-12-30-18(14-27)17-5-4-11-29-17)23-13-19-24-20(26-25-19)15-6-8-16(28-2)9-7-15/h6-9,17-18H,3-5,10-14H2,1-2H3,(H,22,23)(H,24,25,26). The summed E-state index contributed by atoms with van der Waals surface area (Å²) in [6, 6.07) is 7.68. The maximum atomic E-state index is 5.97. The Kier molecular flexibility index (Phi) is 6.81. The number of aromatic nitrogens is 3. The average Bonchev–Trinajstić information content (AvgIpc) is 3.49. The van der Waals surface area contributed by atoms with Crippen molar-refractivity contribution in [1.82, 2.24) is 25.4 Å². The highest BCUT2D eigenvalue weighted by molar-refractivity contribution is 5.80. The van der Waals surface area contributed by atoms with Crippen LogP contribution in [0.15, 0.2) is 29.3 Å². The van der Waals surface area contributed by atoms with E-state index in [0.717, 1.165) is 62.2 Å². The van der Waals surface area contributed by atoms with Crippen molar-refractivity contribution < 1.29 is 14.2 Å². The highest BCUT2D eigenvalue weighted by Gasteiger charge is 2.32. The monoisotopic (exact) mass is 414 g/mol. The van der Waals surface area contributed by atoms with Crippen LogP contribution in [0.4, 0.5) is 0 Å². The number of nitrogens with one attached hydrogen (secondary N) is 2. The maximum absolute atomic E-state index is 5.97. The van der Waals surface area contributed by atoms with Gasteiger partial charge in [0.1, 0.15) is 24.2 Å². The number of morpholine rings is 1. The first-order chi connectivity index (χ1) is 14.8. The molecule has 3 heterocycles. The minimum atomic E-state index is 0.0945. The van der Waals surface area contributed by atoms with Gasteiger partial charge in [-0.05, 0) is 44.0 Å². The molecule has 0 radical (unpaired) electrons. The third-order valence-electron chi connectivity index (χ3n) is 5.37. The van der Waals surface area contributed by atoms with E-state index in [1.807, 2.05) is 24.3 Å². The van der Waals surface area contributed by atoms with Gasteiger partial charge >= 0.3 is 0 Å². The number of H-pyrrole nitrogens is 1. The van der Waals surface area contributed by atoms with Crippen LogP contribution in [0.3, 0.4) is 0 Å². The Bertz CT molecular complexity index is 832. The molecule has 30 heavy (non-hydrogen) atoms. The van der Waals surface area contributed by atoms with Gasteiger partial charge in [0.15, 0.2) is 11.8 Å². The molecule has 2 aromatic rings. The van der Waals surface area contributed by atoms with E-state index in [9.17, 15) is 0 Å². The molecule has 0 saturated carbocycles. The Morgan fingerprint density at radius 2 is 2.10 bits per heavy atom. The van der Waals surface area contributed by atoms with Crippen molar-refractivity contribution >= 4 is 5.96 Å². The van der Waals surface area contributed by atoms with E-state index in [0.29, 0.717) is 19.0 Å². The van der Waals surface area contributed by atoms with E-state index in [4.69, 9.17) is 19.2 Å². The summed E-state index contributed by atoms with van der Waals surface area (Å²) >= 11 is 0. The third-order valence-corrected chi connectivity index (χ3v) is 5.37. The van der Waals surface area contributed by atoms with Crippen LogP contribution in [0.25, 0.3) is 11.4 Å². The van der Waals surface area contributed by atoms with Crippen molar-refractivity contribution in [3.05, 3.63) is 30.1 Å². The molecule has 9 heteroatoms. The van der Waals surface area contributed by atoms with Crippen molar-refractivity contribution in [3.8, 4) is 17.1 Å². The first-order valence-corrected chi connectivity index (χ1v) is 10.6. The van der Waals surface area contributed by atoms with Crippen LogP contribution in [0.1, 0.15) is 25.6 Å². The lowest BCUT2D eigenvalue weighted by Gasteiger charge is -2.37. The van der Waals surface area contributed by atoms with Crippen LogP contribution in [-0.4, -0.2) is 78.2 Å². The Morgan fingerprint density at radius 3 is 2.83 bits per heavy atom. The number of aliphatic imine (C=N–C) groups is 1. The van der Waals surface area contributed by atoms with E-state index in [1.165, 1.54) is 0 Å². The summed E-state index contributed by atoms with van der Waals surface area (Å²) in [5, 5.41) is 10.7. The molecule has 1 aromatic carbocycles. The first kappa shape index (κ1) is 20.6. The highest BCUT2D eigenvalue weighted by atomic mass is 16.5. The van der Waals surface area contributed by atoms with Crippen molar-refractivity contribution in [1.29, 1.82) is 0 Å². The largest absolute Gasteiger partial charge is 0.497 e. The molecular weight excluding hydrogens is 384 g/mol. The summed E-state index contributed by atoms with van der Waals surface area (Å²) in [6.45, 7) is 6.40. The summed E-state index contributed by atoms with van der Waals surface area (Å²) in [5.41, 5.74) is 0.932. The smallest absolute Gasteiger partial charge is 0.194 e. The summed E-state index contributed by atoms with van der Waals surface area (Å²) in [5.74, 6) is 3.05. The molecule has 162 valence electrons. The second-order valence-electron chi connectivity index (χ2n) is 7.41. The van der Waals surface area contributed by atoms with Gasteiger partial charge in [0, 0.05) is 31.8 Å². The molecular formula is C21H30N6O3. The minimum Gasteiger partial charge on any atom is -0.497 e. The predicted molar refractivity (Wildman–Crippen MR) is 113 cm³/mol. The fourth-order valence-corrected chi connectivity index (χ4v) is 3.80. The molecule has 2 aliphatic rings. The second-order valence-corrected chi connectivity index (χ2v) is 7.41. The lowest BCUT2D eigenvalue weighted by atomic mass is 10.1. The fraction of sp³-hybridized carbons (Fsp3) is 0.571. The topological polar surface area (TPSA) is 96.9 Å². The van der Waals surface area contributed by atoms with Crippen molar-refractivity contribution in [3.63, 3.8) is 0 Å². The van der Waals surface area contributed by atoms with Gasteiger partial charge in [0.05, 0.1) is 19.8 Å². The number of rotatable bonds is 6. The molecule has 0 amide bonds. The molecule has 2 atom stereocenters. The van der Waals surface area contributed by atoms with Crippen LogP contribution in [0.2, 0.25) is 0 Å². The van der Waals surface area contributed by atoms with Gasteiger partial charge in [-0.2, -0.15) is 5.10 Å². The van der Waals surface area contributed by atoms with E-state index in [-0.39, 0.29) is 12.2 Å². The summed E-state index contributed by atoms with van der Waals surface area (Å²) in [6.07, 6.45) is 2.47. The number of guanidine groups is 1.